The maximum absolute atomic E-state index is 6.05. The van der Waals surface area contributed by atoms with E-state index in [9.17, 15) is 0 Å². The van der Waals surface area contributed by atoms with Crippen molar-refractivity contribution in [3.8, 4) is 0 Å². The monoisotopic (exact) mass is 250 g/mol. The van der Waals surface area contributed by atoms with Gasteiger partial charge in [0.15, 0.2) is 0 Å². The van der Waals surface area contributed by atoms with Crippen molar-refractivity contribution in [3.05, 3.63) is 18.1 Å². The number of nitrogens with zero attached hydrogens (tertiary/aromatic N) is 3. The second-order valence-electron chi connectivity index (χ2n) is 6.05. The number of aromatic nitrogens is 2. The summed E-state index contributed by atoms with van der Waals surface area (Å²) in [6.45, 7) is 10.4. The summed E-state index contributed by atoms with van der Waals surface area (Å²) >= 11 is 0. The van der Waals surface area contributed by atoms with Crippen molar-refractivity contribution >= 4 is 5.82 Å². The first kappa shape index (κ1) is 13.2. The Labute approximate surface area is 108 Å². The summed E-state index contributed by atoms with van der Waals surface area (Å²) in [5.74, 6) is 0.877. The van der Waals surface area contributed by atoms with Crippen LogP contribution in [0.1, 0.15) is 33.4 Å². The lowest BCUT2D eigenvalue weighted by molar-refractivity contribution is -0.133. The van der Waals surface area contributed by atoms with E-state index < -0.39 is 0 Å². The van der Waals surface area contributed by atoms with Crippen molar-refractivity contribution in [1.82, 2.24) is 9.97 Å². The van der Waals surface area contributed by atoms with Gasteiger partial charge in [-0.25, -0.2) is 4.98 Å². The van der Waals surface area contributed by atoms with Crippen molar-refractivity contribution in [2.24, 2.45) is 5.73 Å². The molecule has 2 N–H and O–H groups in total. The van der Waals surface area contributed by atoms with Gasteiger partial charge in [0.25, 0.3) is 0 Å². The summed E-state index contributed by atoms with van der Waals surface area (Å²) in [7, 11) is 0. The van der Waals surface area contributed by atoms with Crippen molar-refractivity contribution in [2.45, 2.75) is 45.4 Å². The number of hydrogen-bond donors (Lipinski definition) is 1. The van der Waals surface area contributed by atoms with Crippen LogP contribution in [0.25, 0.3) is 0 Å². The highest BCUT2D eigenvalue weighted by Gasteiger charge is 2.38. The Morgan fingerprint density at radius 3 is 2.39 bits per heavy atom. The minimum Gasteiger partial charge on any atom is -0.366 e. The van der Waals surface area contributed by atoms with Crippen molar-refractivity contribution in [2.75, 3.05) is 18.0 Å². The number of anilines is 1. The van der Waals surface area contributed by atoms with Crippen molar-refractivity contribution in [3.63, 3.8) is 0 Å². The number of rotatable bonds is 2. The normalized spacial score (nSPS) is 21.9. The predicted octanol–water partition coefficient (Wildman–Crippen LogP) is 1.33. The van der Waals surface area contributed by atoms with Gasteiger partial charge in [0, 0.05) is 25.8 Å². The summed E-state index contributed by atoms with van der Waals surface area (Å²) in [6.07, 6.45) is 3.50. The number of morpholine rings is 1. The summed E-state index contributed by atoms with van der Waals surface area (Å²) < 4.78 is 6.05. The van der Waals surface area contributed by atoms with Crippen LogP contribution in [-0.2, 0) is 11.3 Å². The van der Waals surface area contributed by atoms with E-state index in [1.165, 1.54) is 0 Å². The van der Waals surface area contributed by atoms with E-state index in [0.29, 0.717) is 6.54 Å². The minimum absolute atomic E-state index is 0.192. The molecule has 5 nitrogen and oxygen atoms in total. The molecule has 0 radical (unpaired) electrons. The molecule has 1 fully saturated rings. The van der Waals surface area contributed by atoms with Gasteiger partial charge >= 0.3 is 0 Å². The molecule has 1 aromatic rings. The summed E-state index contributed by atoms with van der Waals surface area (Å²) in [5.41, 5.74) is 6.04. The van der Waals surface area contributed by atoms with E-state index in [2.05, 4.69) is 42.6 Å². The van der Waals surface area contributed by atoms with Gasteiger partial charge < -0.3 is 15.4 Å². The smallest absolute Gasteiger partial charge is 0.147 e. The fourth-order valence-corrected chi connectivity index (χ4v) is 2.60. The molecule has 2 rings (SSSR count). The minimum atomic E-state index is -0.192. The van der Waals surface area contributed by atoms with Gasteiger partial charge in [0.1, 0.15) is 5.82 Å². The molecular weight excluding hydrogens is 228 g/mol. The molecule has 0 aliphatic carbocycles. The van der Waals surface area contributed by atoms with E-state index in [1.807, 2.05) is 0 Å². The molecule has 0 aromatic carbocycles. The van der Waals surface area contributed by atoms with Crippen LogP contribution in [0.3, 0.4) is 0 Å². The second-order valence-corrected chi connectivity index (χ2v) is 6.05. The molecule has 0 saturated carbocycles. The van der Waals surface area contributed by atoms with Gasteiger partial charge in [-0.15, -0.1) is 0 Å². The fraction of sp³-hybridized carbons (Fsp3) is 0.692. The number of nitrogens with two attached hydrogens (primary N) is 1. The highest BCUT2D eigenvalue weighted by atomic mass is 16.5. The third-order valence-corrected chi connectivity index (χ3v) is 2.90. The van der Waals surface area contributed by atoms with Crippen LogP contribution in [-0.4, -0.2) is 34.3 Å². The molecule has 1 aliphatic heterocycles. The highest BCUT2D eigenvalue weighted by molar-refractivity contribution is 5.38. The summed E-state index contributed by atoms with van der Waals surface area (Å²) in [6, 6.07) is 0. The fourth-order valence-electron chi connectivity index (χ4n) is 2.60. The first-order chi connectivity index (χ1) is 8.31. The molecule has 0 spiro atoms. The lowest BCUT2D eigenvalue weighted by Gasteiger charge is -2.47. The molecule has 100 valence electrons. The standard InChI is InChI=1S/C13H22N4O/c1-12(2)8-17(9-13(3,4)18-12)11-7-15-6-10(5-14)16-11/h6-7H,5,8-9,14H2,1-4H3. The van der Waals surface area contributed by atoms with Gasteiger partial charge in [-0.05, 0) is 27.7 Å². The predicted molar refractivity (Wildman–Crippen MR) is 71.4 cm³/mol. The average Bonchev–Trinajstić information content (AvgIpc) is 2.25. The largest absolute Gasteiger partial charge is 0.366 e. The number of hydrogen-bond acceptors (Lipinski definition) is 5. The zero-order valence-electron chi connectivity index (χ0n) is 11.6. The van der Waals surface area contributed by atoms with Crippen LogP contribution in [0.4, 0.5) is 5.82 Å². The molecule has 0 atom stereocenters. The Hall–Kier alpha value is -1.20. The molecule has 1 saturated heterocycles. The molecule has 18 heavy (non-hydrogen) atoms. The zero-order chi connectivity index (χ0) is 13.4. The van der Waals surface area contributed by atoms with Gasteiger partial charge in [-0.1, -0.05) is 0 Å². The first-order valence-corrected chi connectivity index (χ1v) is 6.27. The third kappa shape index (κ3) is 2.97. The average molecular weight is 250 g/mol. The Morgan fingerprint density at radius 2 is 1.83 bits per heavy atom. The van der Waals surface area contributed by atoms with Crippen LogP contribution >= 0.6 is 0 Å². The van der Waals surface area contributed by atoms with E-state index >= 15 is 0 Å². The Kier molecular flexibility index (Phi) is 3.29. The maximum atomic E-state index is 6.05. The molecular formula is C13H22N4O. The van der Waals surface area contributed by atoms with E-state index in [0.717, 1.165) is 24.6 Å². The van der Waals surface area contributed by atoms with Crippen molar-refractivity contribution < 1.29 is 4.74 Å². The second kappa shape index (κ2) is 4.48. The Morgan fingerprint density at radius 1 is 1.22 bits per heavy atom. The molecule has 1 aliphatic rings. The van der Waals surface area contributed by atoms with Gasteiger partial charge in [-0.3, -0.25) is 4.98 Å². The van der Waals surface area contributed by atoms with Crippen LogP contribution < -0.4 is 10.6 Å². The van der Waals surface area contributed by atoms with Crippen molar-refractivity contribution in [1.29, 1.82) is 0 Å². The van der Waals surface area contributed by atoms with E-state index in [-0.39, 0.29) is 11.2 Å². The SMILES string of the molecule is CC1(C)CN(c2cncc(CN)n2)CC(C)(C)O1. The van der Waals surface area contributed by atoms with Crippen LogP contribution in [0, 0.1) is 0 Å². The molecule has 0 amide bonds. The van der Waals surface area contributed by atoms with Gasteiger partial charge in [0.05, 0.1) is 23.1 Å². The van der Waals surface area contributed by atoms with Crippen LogP contribution in [0.5, 0.6) is 0 Å². The summed E-state index contributed by atoms with van der Waals surface area (Å²) in [5, 5.41) is 0. The molecule has 0 unspecified atom stereocenters. The quantitative estimate of drug-likeness (QED) is 0.858. The molecule has 5 heteroatoms. The third-order valence-electron chi connectivity index (χ3n) is 2.90. The molecule has 1 aromatic heterocycles. The Bertz CT molecular complexity index is 415. The van der Waals surface area contributed by atoms with Gasteiger partial charge in [-0.2, -0.15) is 0 Å². The van der Waals surface area contributed by atoms with E-state index in [4.69, 9.17) is 10.5 Å². The van der Waals surface area contributed by atoms with Gasteiger partial charge in [0.2, 0.25) is 0 Å². The lowest BCUT2D eigenvalue weighted by Crippen LogP contribution is -2.57. The maximum Gasteiger partial charge on any atom is 0.147 e. The lowest BCUT2D eigenvalue weighted by atomic mass is 9.99. The molecule has 2 heterocycles. The highest BCUT2D eigenvalue weighted by Crippen LogP contribution is 2.30. The molecule has 0 bridgehead atoms. The van der Waals surface area contributed by atoms with Crippen LogP contribution in [0.15, 0.2) is 12.4 Å². The van der Waals surface area contributed by atoms with Crippen LogP contribution in [0.2, 0.25) is 0 Å². The van der Waals surface area contributed by atoms with E-state index in [1.54, 1.807) is 12.4 Å². The Balaban J connectivity index is 2.26. The number of ether oxygens (including phenoxy) is 1. The summed E-state index contributed by atoms with van der Waals surface area (Å²) in [4.78, 5) is 10.9. The zero-order valence-corrected chi connectivity index (χ0v) is 11.6. The topological polar surface area (TPSA) is 64.3 Å². The first-order valence-electron chi connectivity index (χ1n) is 6.27.